The summed E-state index contributed by atoms with van der Waals surface area (Å²) >= 11 is 5.89. The highest BCUT2D eigenvalue weighted by molar-refractivity contribution is 6.33. The number of ether oxygens (including phenoxy) is 1. The van der Waals surface area contributed by atoms with Gasteiger partial charge in [-0.1, -0.05) is 17.7 Å². The number of carbonyl (C=O) groups excluding carboxylic acids is 1. The van der Waals surface area contributed by atoms with Gasteiger partial charge in [0.15, 0.2) is 0 Å². The molecular weight excluding hydrogens is 294 g/mol. The molecule has 0 saturated heterocycles. The Morgan fingerprint density at radius 2 is 1.76 bits per heavy atom. The Balaban J connectivity index is 2.26. The van der Waals surface area contributed by atoms with Crippen molar-refractivity contribution in [2.75, 3.05) is 0 Å². The summed E-state index contributed by atoms with van der Waals surface area (Å²) in [6.45, 7) is 3.78. The maximum absolute atomic E-state index is 12.1. The predicted octanol–water partition coefficient (Wildman–Crippen LogP) is 4.08. The van der Waals surface area contributed by atoms with E-state index in [4.69, 9.17) is 16.3 Å². The zero-order valence-electron chi connectivity index (χ0n) is 11.4. The molecular formula is C15H12ClNO4. The molecule has 0 aliphatic rings. The van der Waals surface area contributed by atoms with Gasteiger partial charge < -0.3 is 4.74 Å². The summed E-state index contributed by atoms with van der Waals surface area (Å²) in [5.41, 5.74) is 1.84. The van der Waals surface area contributed by atoms with Crippen molar-refractivity contribution in [1.29, 1.82) is 0 Å². The summed E-state index contributed by atoms with van der Waals surface area (Å²) in [6.07, 6.45) is 0. The van der Waals surface area contributed by atoms with Crippen molar-refractivity contribution in [3.8, 4) is 5.75 Å². The molecule has 0 fully saturated rings. The topological polar surface area (TPSA) is 69.4 Å². The van der Waals surface area contributed by atoms with Gasteiger partial charge in [0, 0.05) is 12.1 Å². The number of hydrogen-bond acceptors (Lipinski definition) is 4. The second kappa shape index (κ2) is 5.93. The molecule has 0 radical (unpaired) electrons. The van der Waals surface area contributed by atoms with E-state index in [1.54, 1.807) is 12.1 Å². The summed E-state index contributed by atoms with van der Waals surface area (Å²) in [5, 5.41) is 10.6. The van der Waals surface area contributed by atoms with Gasteiger partial charge >= 0.3 is 5.97 Å². The molecule has 108 valence electrons. The Labute approximate surface area is 126 Å². The predicted molar refractivity (Wildman–Crippen MR) is 79.0 cm³/mol. The molecule has 0 amide bonds. The molecule has 6 heteroatoms. The van der Waals surface area contributed by atoms with Gasteiger partial charge in [-0.15, -0.1) is 0 Å². The highest BCUT2D eigenvalue weighted by Gasteiger charge is 2.17. The van der Waals surface area contributed by atoms with Crippen LogP contribution in [0.4, 0.5) is 5.69 Å². The summed E-state index contributed by atoms with van der Waals surface area (Å²) in [7, 11) is 0. The Hall–Kier alpha value is -2.40. The molecule has 0 aliphatic heterocycles. The first-order chi connectivity index (χ1) is 9.86. The van der Waals surface area contributed by atoms with E-state index in [2.05, 4.69) is 0 Å². The summed E-state index contributed by atoms with van der Waals surface area (Å²) in [4.78, 5) is 22.1. The van der Waals surface area contributed by atoms with Gasteiger partial charge in [-0.2, -0.15) is 0 Å². The number of halogens is 1. The average Bonchev–Trinajstić information content (AvgIpc) is 2.36. The third-order valence-electron chi connectivity index (χ3n) is 2.79. The minimum absolute atomic E-state index is 0.0152. The van der Waals surface area contributed by atoms with E-state index in [0.29, 0.717) is 5.75 Å². The maximum atomic E-state index is 12.1. The van der Waals surface area contributed by atoms with E-state index in [-0.39, 0.29) is 16.3 Å². The van der Waals surface area contributed by atoms with Gasteiger partial charge in [0.2, 0.25) is 0 Å². The van der Waals surface area contributed by atoms with Crippen molar-refractivity contribution in [3.63, 3.8) is 0 Å². The van der Waals surface area contributed by atoms with Crippen molar-refractivity contribution in [1.82, 2.24) is 0 Å². The van der Waals surface area contributed by atoms with Gasteiger partial charge in [0.1, 0.15) is 5.75 Å². The van der Waals surface area contributed by atoms with E-state index < -0.39 is 10.9 Å². The van der Waals surface area contributed by atoms with Crippen molar-refractivity contribution >= 4 is 23.3 Å². The number of aryl methyl sites for hydroxylation is 2. The molecule has 0 spiro atoms. The molecule has 0 atom stereocenters. The minimum atomic E-state index is -0.653. The van der Waals surface area contributed by atoms with E-state index in [0.717, 1.165) is 17.2 Å². The Morgan fingerprint density at radius 1 is 1.14 bits per heavy atom. The van der Waals surface area contributed by atoms with E-state index >= 15 is 0 Å². The van der Waals surface area contributed by atoms with E-state index in [9.17, 15) is 14.9 Å². The molecule has 0 N–H and O–H groups in total. The van der Waals surface area contributed by atoms with Gasteiger partial charge in [-0.05, 0) is 43.2 Å². The van der Waals surface area contributed by atoms with Gasteiger partial charge in [0.05, 0.1) is 15.5 Å². The number of nitro benzene ring substituents is 1. The zero-order chi connectivity index (χ0) is 15.6. The highest BCUT2D eigenvalue weighted by atomic mass is 35.5. The minimum Gasteiger partial charge on any atom is -0.423 e. The average molecular weight is 306 g/mol. The van der Waals surface area contributed by atoms with Crippen LogP contribution in [0.15, 0.2) is 36.4 Å². The number of nitrogens with zero attached hydrogens (tertiary/aromatic N) is 1. The van der Waals surface area contributed by atoms with Crippen LogP contribution in [-0.2, 0) is 0 Å². The van der Waals surface area contributed by atoms with Crippen LogP contribution in [0.5, 0.6) is 5.75 Å². The van der Waals surface area contributed by atoms with Gasteiger partial charge in [-0.25, -0.2) is 4.79 Å². The lowest BCUT2D eigenvalue weighted by Gasteiger charge is -2.07. The van der Waals surface area contributed by atoms with E-state index in [1.807, 2.05) is 19.9 Å². The van der Waals surface area contributed by atoms with Crippen LogP contribution in [0.1, 0.15) is 21.5 Å². The van der Waals surface area contributed by atoms with Crippen LogP contribution in [0.3, 0.4) is 0 Å². The quantitative estimate of drug-likeness (QED) is 0.371. The van der Waals surface area contributed by atoms with Crippen LogP contribution >= 0.6 is 11.6 Å². The fraction of sp³-hybridized carbons (Fsp3) is 0.133. The summed E-state index contributed by atoms with van der Waals surface area (Å²) < 4.78 is 5.25. The van der Waals surface area contributed by atoms with Crippen LogP contribution in [0.25, 0.3) is 0 Å². The fourth-order valence-corrected chi connectivity index (χ4v) is 2.19. The standard InChI is InChI=1S/C15H12ClNO4/c1-9-5-10(2)7-12(6-9)21-15(18)13-4-3-11(17(19)20)8-14(13)16/h3-8H,1-2H3. The molecule has 5 nitrogen and oxygen atoms in total. The third kappa shape index (κ3) is 3.58. The molecule has 0 heterocycles. The largest absolute Gasteiger partial charge is 0.423 e. The van der Waals surface area contributed by atoms with Crippen molar-refractivity contribution in [3.05, 3.63) is 68.2 Å². The molecule has 2 rings (SSSR count). The Morgan fingerprint density at radius 3 is 2.29 bits per heavy atom. The number of esters is 1. The number of benzene rings is 2. The zero-order valence-corrected chi connectivity index (χ0v) is 12.2. The van der Waals surface area contributed by atoms with Crippen LogP contribution in [0, 0.1) is 24.0 Å². The van der Waals surface area contributed by atoms with Gasteiger partial charge in [0.25, 0.3) is 5.69 Å². The van der Waals surface area contributed by atoms with E-state index in [1.165, 1.54) is 12.1 Å². The highest BCUT2D eigenvalue weighted by Crippen LogP contribution is 2.24. The van der Waals surface area contributed by atoms with Crippen LogP contribution < -0.4 is 4.74 Å². The molecule has 2 aromatic rings. The van der Waals surface area contributed by atoms with Crippen LogP contribution in [0.2, 0.25) is 5.02 Å². The summed E-state index contributed by atoms with van der Waals surface area (Å²) in [5.74, 6) is -0.244. The van der Waals surface area contributed by atoms with Crippen molar-refractivity contribution in [2.45, 2.75) is 13.8 Å². The first kappa shape index (κ1) is 15.0. The molecule has 0 aliphatic carbocycles. The van der Waals surface area contributed by atoms with Crippen molar-refractivity contribution in [2.24, 2.45) is 0 Å². The lowest BCUT2D eigenvalue weighted by atomic mass is 10.1. The number of hydrogen-bond donors (Lipinski definition) is 0. The number of carbonyl (C=O) groups is 1. The molecule has 21 heavy (non-hydrogen) atoms. The Bertz CT molecular complexity index is 707. The SMILES string of the molecule is Cc1cc(C)cc(OC(=O)c2ccc([N+](=O)[O-])cc2Cl)c1. The molecule has 0 saturated carbocycles. The Kier molecular flexibility index (Phi) is 4.23. The monoisotopic (exact) mass is 305 g/mol. The second-order valence-electron chi connectivity index (χ2n) is 4.63. The molecule has 2 aromatic carbocycles. The second-order valence-corrected chi connectivity index (χ2v) is 5.04. The number of nitro groups is 1. The normalized spacial score (nSPS) is 10.2. The van der Waals surface area contributed by atoms with Crippen LogP contribution in [-0.4, -0.2) is 10.9 Å². The number of rotatable bonds is 3. The molecule has 0 unspecified atom stereocenters. The fourth-order valence-electron chi connectivity index (χ4n) is 1.94. The first-order valence-electron chi connectivity index (χ1n) is 6.11. The third-order valence-corrected chi connectivity index (χ3v) is 3.10. The lowest BCUT2D eigenvalue weighted by Crippen LogP contribution is -2.09. The van der Waals surface area contributed by atoms with Gasteiger partial charge in [-0.3, -0.25) is 10.1 Å². The first-order valence-corrected chi connectivity index (χ1v) is 6.49. The molecule has 0 bridgehead atoms. The van der Waals surface area contributed by atoms with Crippen molar-refractivity contribution < 1.29 is 14.5 Å². The maximum Gasteiger partial charge on any atom is 0.345 e. The smallest absolute Gasteiger partial charge is 0.345 e. The lowest BCUT2D eigenvalue weighted by molar-refractivity contribution is -0.384. The molecule has 0 aromatic heterocycles. The number of non-ortho nitro benzene ring substituents is 1. The summed E-state index contributed by atoms with van der Waals surface area (Å²) in [6, 6.07) is 9.03.